The van der Waals surface area contributed by atoms with Gasteiger partial charge in [0, 0.05) is 26.3 Å². The van der Waals surface area contributed by atoms with E-state index in [1.165, 1.54) is 0 Å². The average molecular weight is 219 g/mol. The fourth-order valence-corrected chi connectivity index (χ4v) is 1.34. The maximum absolute atomic E-state index is 5.43. The molecule has 92 valence electrons. The van der Waals surface area contributed by atoms with Gasteiger partial charge in [0.15, 0.2) is 0 Å². The maximum Gasteiger partial charge on any atom is 0.0701 e. The van der Waals surface area contributed by atoms with Crippen LogP contribution in [0.5, 0.6) is 0 Å². The van der Waals surface area contributed by atoms with E-state index < -0.39 is 0 Å². The molecule has 0 heterocycles. The van der Waals surface area contributed by atoms with Crippen LogP contribution in [0.15, 0.2) is 0 Å². The van der Waals surface area contributed by atoms with Gasteiger partial charge in [-0.2, -0.15) is 0 Å². The molecule has 0 aromatic heterocycles. The summed E-state index contributed by atoms with van der Waals surface area (Å²) in [7, 11) is 3.40. The van der Waals surface area contributed by atoms with Crippen LogP contribution in [0.4, 0.5) is 0 Å². The number of methoxy groups -OCH3 is 2. The second-order valence-electron chi connectivity index (χ2n) is 3.70. The lowest BCUT2D eigenvalue weighted by atomic mass is 10.2. The molecule has 0 aromatic carbocycles. The van der Waals surface area contributed by atoms with Crippen LogP contribution >= 0.6 is 0 Å². The first-order valence-electron chi connectivity index (χ1n) is 5.56. The largest absolute Gasteiger partial charge is 0.383 e. The molecule has 0 aromatic rings. The van der Waals surface area contributed by atoms with E-state index in [-0.39, 0.29) is 0 Å². The van der Waals surface area contributed by atoms with Crippen molar-refractivity contribution in [2.24, 2.45) is 0 Å². The van der Waals surface area contributed by atoms with E-state index in [0.717, 1.165) is 13.0 Å². The summed E-state index contributed by atoms with van der Waals surface area (Å²) in [5, 5.41) is 3.45. The predicted molar refractivity (Wildman–Crippen MR) is 61.2 cm³/mol. The first-order chi connectivity index (χ1) is 7.24. The lowest BCUT2D eigenvalue weighted by Crippen LogP contribution is -2.41. The van der Waals surface area contributed by atoms with E-state index in [2.05, 4.69) is 19.2 Å². The summed E-state index contributed by atoms with van der Waals surface area (Å²) in [5.74, 6) is 0. The maximum atomic E-state index is 5.43. The molecule has 0 aliphatic heterocycles. The van der Waals surface area contributed by atoms with Gasteiger partial charge >= 0.3 is 0 Å². The Morgan fingerprint density at radius 3 is 2.33 bits per heavy atom. The van der Waals surface area contributed by atoms with Gasteiger partial charge in [0.05, 0.1) is 26.4 Å². The molecule has 0 radical (unpaired) electrons. The number of nitrogens with one attached hydrogen (secondary N) is 1. The third kappa shape index (κ3) is 8.81. The standard InChI is InChI=1S/C11H25NO3/c1-5-11(9-14-4)12-10(2)8-15-7-6-13-3/h10-12H,5-9H2,1-4H3. The van der Waals surface area contributed by atoms with Gasteiger partial charge < -0.3 is 19.5 Å². The van der Waals surface area contributed by atoms with Crippen molar-refractivity contribution in [2.45, 2.75) is 32.4 Å². The molecule has 4 nitrogen and oxygen atoms in total. The van der Waals surface area contributed by atoms with Gasteiger partial charge in [-0.3, -0.25) is 0 Å². The van der Waals surface area contributed by atoms with E-state index in [9.17, 15) is 0 Å². The summed E-state index contributed by atoms with van der Waals surface area (Å²) in [6.45, 7) is 7.04. The van der Waals surface area contributed by atoms with Gasteiger partial charge in [-0.1, -0.05) is 6.92 Å². The Kier molecular flexibility index (Phi) is 10.3. The Hall–Kier alpha value is -0.160. The first-order valence-corrected chi connectivity index (χ1v) is 5.56. The molecule has 2 unspecified atom stereocenters. The molecule has 15 heavy (non-hydrogen) atoms. The quantitative estimate of drug-likeness (QED) is 0.558. The molecule has 0 saturated heterocycles. The van der Waals surface area contributed by atoms with Crippen molar-refractivity contribution in [3.8, 4) is 0 Å². The van der Waals surface area contributed by atoms with Crippen LogP contribution in [0.1, 0.15) is 20.3 Å². The Morgan fingerprint density at radius 2 is 1.80 bits per heavy atom. The SMILES string of the molecule is CCC(COC)NC(C)COCCOC. The summed E-state index contributed by atoms with van der Waals surface area (Å²) in [6, 6.07) is 0.762. The third-order valence-electron chi connectivity index (χ3n) is 2.18. The Balaban J connectivity index is 3.47. The number of ether oxygens (including phenoxy) is 3. The molecule has 1 N–H and O–H groups in total. The number of hydrogen-bond acceptors (Lipinski definition) is 4. The van der Waals surface area contributed by atoms with Crippen LogP contribution in [-0.2, 0) is 14.2 Å². The van der Waals surface area contributed by atoms with Crippen LogP contribution in [-0.4, -0.2) is 52.7 Å². The van der Waals surface area contributed by atoms with E-state index in [0.29, 0.717) is 31.9 Å². The van der Waals surface area contributed by atoms with Crippen molar-refractivity contribution in [3.63, 3.8) is 0 Å². The third-order valence-corrected chi connectivity index (χ3v) is 2.18. The molecule has 0 saturated carbocycles. The Labute approximate surface area is 93.3 Å². The van der Waals surface area contributed by atoms with Crippen molar-refractivity contribution in [1.82, 2.24) is 5.32 Å². The molecule has 0 aliphatic rings. The lowest BCUT2D eigenvalue weighted by Gasteiger charge is -2.21. The second kappa shape index (κ2) is 10.4. The van der Waals surface area contributed by atoms with Gasteiger partial charge in [0.1, 0.15) is 0 Å². The van der Waals surface area contributed by atoms with Gasteiger partial charge in [-0.15, -0.1) is 0 Å². The molecular formula is C11H25NO3. The minimum absolute atomic E-state index is 0.349. The number of rotatable bonds is 10. The van der Waals surface area contributed by atoms with Crippen LogP contribution in [0, 0.1) is 0 Å². The minimum atomic E-state index is 0.349. The first kappa shape index (κ1) is 14.8. The zero-order chi connectivity index (χ0) is 11.5. The van der Waals surface area contributed by atoms with Gasteiger partial charge in [0.2, 0.25) is 0 Å². The van der Waals surface area contributed by atoms with E-state index >= 15 is 0 Å². The average Bonchev–Trinajstić information content (AvgIpc) is 2.24. The normalized spacial score (nSPS) is 15.2. The highest BCUT2D eigenvalue weighted by molar-refractivity contribution is 4.69. The van der Waals surface area contributed by atoms with Crippen LogP contribution < -0.4 is 5.32 Å². The van der Waals surface area contributed by atoms with E-state index in [4.69, 9.17) is 14.2 Å². The van der Waals surface area contributed by atoms with Crippen LogP contribution in [0.25, 0.3) is 0 Å². The topological polar surface area (TPSA) is 39.7 Å². The van der Waals surface area contributed by atoms with Gasteiger partial charge in [-0.25, -0.2) is 0 Å². The van der Waals surface area contributed by atoms with Gasteiger partial charge in [-0.05, 0) is 13.3 Å². The summed E-state index contributed by atoms with van der Waals surface area (Å²) in [6.07, 6.45) is 1.07. The van der Waals surface area contributed by atoms with Crippen molar-refractivity contribution in [3.05, 3.63) is 0 Å². The highest BCUT2D eigenvalue weighted by atomic mass is 16.5. The zero-order valence-electron chi connectivity index (χ0n) is 10.4. The van der Waals surface area contributed by atoms with Crippen molar-refractivity contribution in [1.29, 1.82) is 0 Å². The van der Waals surface area contributed by atoms with Crippen LogP contribution in [0.2, 0.25) is 0 Å². The summed E-state index contributed by atoms with van der Waals surface area (Å²) >= 11 is 0. The van der Waals surface area contributed by atoms with Crippen molar-refractivity contribution < 1.29 is 14.2 Å². The fraction of sp³-hybridized carbons (Fsp3) is 1.00. The molecule has 0 bridgehead atoms. The molecule has 0 rings (SSSR count). The molecule has 0 fully saturated rings. The fourth-order valence-electron chi connectivity index (χ4n) is 1.34. The van der Waals surface area contributed by atoms with Crippen LogP contribution in [0.3, 0.4) is 0 Å². The molecule has 0 amide bonds. The summed E-state index contributed by atoms with van der Waals surface area (Å²) in [5.41, 5.74) is 0. The second-order valence-corrected chi connectivity index (χ2v) is 3.70. The number of hydrogen-bond donors (Lipinski definition) is 1. The van der Waals surface area contributed by atoms with E-state index in [1.54, 1.807) is 14.2 Å². The molecular weight excluding hydrogens is 194 g/mol. The zero-order valence-corrected chi connectivity index (χ0v) is 10.4. The lowest BCUT2D eigenvalue weighted by molar-refractivity contribution is 0.0563. The Bertz CT molecular complexity index is 133. The minimum Gasteiger partial charge on any atom is -0.383 e. The molecule has 4 heteroatoms. The highest BCUT2D eigenvalue weighted by Gasteiger charge is 2.09. The predicted octanol–water partition coefficient (Wildman–Crippen LogP) is 1.05. The van der Waals surface area contributed by atoms with E-state index in [1.807, 2.05) is 0 Å². The van der Waals surface area contributed by atoms with Crippen molar-refractivity contribution >= 4 is 0 Å². The van der Waals surface area contributed by atoms with Gasteiger partial charge in [0.25, 0.3) is 0 Å². The Morgan fingerprint density at radius 1 is 1.07 bits per heavy atom. The van der Waals surface area contributed by atoms with Crippen molar-refractivity contribution in [2.75, 3.05) is 40.6 Å². The molecule has 2 atom stereocenters. The molecule has 0 spiro atoms. The monoisotopic (exact) mass is 219 g/mol. The molecule has 0 aliphatic carbocycles. The smallest absolute Gasteiger partial charge is 0.0701 e. The summed E-state index contributed by atoms with van der Waals surface area (Å²) < 4.78 is 15.4. The highest BCUT2D eigenvalue weighted by Crippen LogP contribution is 1.95. The summed E-state index contributed by atoms with van der Waals surface area (Å²) in [4.78, 5) is 0.